The van der Waals surface area contributed by atoms with Gasteiger partial charge in [-0.25, -0.2) is 4.98 Å². The zero-order chi connectivity index (χ0) is 20.5. The molecule has 1 aliphatic heterocycles. The number of piperazine rings is 1. The lowest BCUT2D eigenvalue weighted by atomic mass is 10.1. The van der Waals surface area contributed by atoms with Crippen LogP contribution in [-0.2, 0) is 0 Å². The fraction of sp³-hybridized carbons (Fsp3) is 0.333. The number of methoxy groups -OCH3 is 1. The molecule has 1 amide bonds. The first-order chi connectivity index (χ1) is 14.0. The molecule has 152 valence electrons. The normalized spacial score (nSPS) is 14.3. The number of benzene rings is 2. The van der Waals surface area contributed by atoms with Crippen LogP contribution in [0.1, 0.15) is 10.4 Å². The molecule has 1 aliphatic rings. The van der Waals surface area contributed by atoms with Gasteiger partial charge in [0.15, 0.2) is 5.13 Å². The van der Waals surface area contributed by atoms with Gasteiger partial charge in [-0.05, 0) is 30.3 Å². The Morgan fingerprint density at radius 3 is 2.62 bits per heavy atom. The van der Waals surface area contributed by atoms with Crippen molar-refractivity contribution in [2.45, 2.75) is 0 Å². The van der Waals surface area contributed by atoms with Gasteiger partial charge in [-0.1, -0.05) is 29.0 Å². The lowest BCUT2D eigenvalue weighted by molar-refractivity contribution is 0.0747. The minimum Gasteiger partial charge on any atom is -0.494 e. The molecule has 0 atom stereocenters. The van der Waals surface area contributed by atoms with Crippen LogP contribution >= 0.6 is 22.9 Å². The molecule has 3 aromatic rings. The van der Waals surface area contributed by atoms with Crippen molar-refractivity contribution < 1.29 is 9.53 Å². The van der Waals surface area contributed by atoms with Crippen molar-refractivity contribution in [2.75, 3.05) is 57.2 Å². The quantitative estimate of drug-likeness (QED) is 0.626. The third-order valence-corrected chi connectivity index (χ3v) is 6.69. The SMILES string of the molecule is COc1ccc(Cl)c2sc(N3CCN(C(=O)c4cccc(N(C)C)c4)CC3)nc12. The van der Waals surface area contributed by atoms with Crippen molar-refractivity contribution in [1.82, 2.24) is 9.88 Å². The molecule has 8 heteroatoms. The molecule has 0 saturated carbocycles. The van der Waals surface area contributed by atoms with Gasteiger partial charge in [-0.15, -0.1) is 0 Å². The Labute approximate surface area is 179 Å². The summed E-state index contributed by atoms with van der Waals surface area (Å²) < 4.78 is 6.35. The van der Waals surface area contributed by atoms with Crippen molar-refractivity contribution in [3.8, 4) is 5.75 Å². The number of thiazole rings is 1. The molecule has 2 heterocycles. The van der Waals surface area contributed by atoms with E-state index < -0.39 is 0 Å². The Bertz CT molecular complexity index is 1040. The van der Waals surface area contributed by atoms with Gasteiger partial charge >= 0.3 is 0 Å². The van der Waals surface area contributed by atoms with Crippen LogP contribution in [0.3, 0.4) is 0 Å². The first-order valence-corrected chi connectivity index (χ1v) is 10.6. The zero-order valence-corrected chi connectivity index (χ0v) is 18.3. The van der Waals surface area contributed by atoms with E-state index in [1.807, 2.05) is 60.3 Å². The van der Waals surface area contributed by atoms with E-state index in [0.717, 1.165) is 45.4 Å². The minimum atomic E-state index is 0.0716. The summed E-state index contributed by atoms with van der Waals surface area (Å²) in [7, 11) is 5.58. The van der Waals surface area contributed by atoms with Gasteiger partial charge in [0.2, 0.25) is 0 Å². The second kappa shape index (κ2) is 8.08. The number of aromatic nitrogens is 1. The fourth-order valence-corrected chi connectivity index (χ4v) is 4.75. The van der Waals surface area contributed by atoms with E-state index >= 15 is 0 Å². The highest BCUT2D eigenvalue weighted by atomic mass is 35.5. The van der Waals surface area contributed by atoms with E-state index in [4.69, 9.17) is 21.3 Å². The van der Waals surface area contributed by atoms with Crippen LogP contribution in [0.4, 0.5) is 10.8 Å². The van der Waals surface area contributed by atoms with Crippen LogP contribution in [0.15, 0.2) is 36.4 Å². The standard InChI is InChI=1S/C21H23ClN4O2S/c1-24(2)15-6-4-5-14(13-15)20(27)25-9-11-26(12-10-25)21-23-18-17(28-3)8-7-16(22)19(18)29-21/h4-8,13H,9-12H2,1-3H3. The van der Waals surface area contributed by atoms with Crippen LogP contribution in [0.25, 0.3) is 10.2 Å². The van der Waals surface area contributed by atoms with E-state index in [-0.39, 0.29) is 5.91 Å². The van der Waals surface area contributed by atoms with E-state index in [9.17, 15) is 4.79 Å². The maximum Gasteiger partial charge on any atom is 0.254 e. The van der Waals surface area contributed by atoms with Crippen LogP contribution in [0, 0.1) is 0 Å². The van der Waals surface area contributed by atoms with Crippen LogP contribution in [-0.4, -0.2) is 63.2 Å². The molecule has 1 aromatic heterocycles. The van der Waals surface area contributed by atoms with E-state index in [1.165, 1.54) is 0 Å². The predicted octanol–water partition coefficient (Wildman–Crippen LogP) is 3.99. The van der Waals surface area contributed by atoms with Crippen molar-refractivity contribution in [2.24, 2.45) is 0 Å². The lowest BCUT2D eigenvalue weighted by Crippen LogP contribution is -2.48. The second-order valence-corrected chi connectivity index (χ2v) is 8.53. The van der Waals surface area contributed by atoms with E-state index in [0.29, 0.717) is 18.1 Å². The number of carbonyl (C=O) groups excluding carboxylic acids is 1. The Kier molecular flexibility index (Phi) is 5.52. The maximum atomic E-state index is 12.9. The van der Waals surface area contributed by atoms with Gasteiger partial charge in [-0.2, -0.15) is 0 Å². The Balaban J connectivity index is 1.48. The molecule has 29 heavy (non-hydrogen) atoms. The molecule has 0 radical (unpaired) electrons. The molecular weight excluding hydrogens is 408 g/mol. The number of amides is 1. The summed E-state index contributed by atoms with van der Waals surface area (Å²) in [5, 5.41) is 1.59. The third-order valence-electron chi connectivity index (χ3n) is 5.11. The number of nitrogens with zero attached hydrogens (tertiary/aromatic N) is 4. The molecule has 1 fully saturated rings. The zero-order valence-electron chi connectivity index (χ0n) is 16.7. The highest BCUT2D eigenvalue weighted by molar-refractivity contribution is 7.22. The maximum absolute atomic E-state index is 12.9. The molecule has 2 aromatic carbocycles. The number of rotatable bonds is 4. The molecule has 4 rings (SSSR count). The number of fused-ring (bicyclic) bond motifs is 1. The molecule has 1 saturated heterocycles. The minimum absolute atomic E-state index is 0.0716. The monoisotopic (exact) mass is 430 g/mol. The summed E-state index contributed by atoms with van der Waals surface area (Å²) in [6.45, 7) is 2.79. The van der Waals surface area contributed by atoms with Gasteiger partial charge in [0.05, 0.1) is 16.8 Å². The van der Waals surface area contributed by atoms with Gasteiger partial charge in [0.1, 0.15) is 11.3 Å². The largest absolute Gasteiger partial charge is 0.494 e. The summed E-state index contributed by atoms with van der Waals surface area (Å²) >= 11 is 7.91. The third kappa shape index (κ3) is 3.84. The van der Waals surface area contributed by atoms with Crippen LogP contribution in [0.2, 0.25) is 5.02 Å². The molecule has 0 unspecified atom stereocenters. The topological polar surface area (TPSA) is 48.9 Å². The smallest absolute Gasteiger partial charge is 0.254 e. The number of carbonyl (C=O) groups is 1. The highest BCUT2D eigenvalue weighted by Gasteiger charge is 2.25. The average molecular weight is 431 g/mol. The number of anilines is 2. The highest BCUT2D eigenvalue weighted by Crippen LogP contribution is 2.38. The first-order valence-electron chi connectivity index (χ1n) is 9.42. The summed E-state index contributed by atoms with van der Waals surface area (Å²) in [4.78, 5) is 23.8. The molecular formula is C21H23ClN4O2S. The number of ether oxygens (including phenoxy) is 1. The van der Waals surface area contributed by atoms with E-state index in [2.05, 4.69) is 4.90 Å². The molecule has 6 nitrogen and oxygen atoms in total. The first kappa shape index (κ1) is 19.8. The number of halogens is 1. The van der Waals surface area contributed by atoms with E-state index in [1.54, 1.807) is 18.4 Å². The van der Waals surface area contributed by atoms with Crippen molar-refractivity contribution in [3.63, 3.8) is 0 Å². The Hall–Kier alpha value is -2.51. The molecule has 0 aliphatic carbocycles. The van der Waals surface area contributed by atoms with Gasteiger partial charge in [0, 0.05) is 51.5 Å². The molecule has 0 bridgehead atoms. The average Bonchev–Trinajstić information content (AvgIpc) is 3.20. The summed E-state index contributed by atoms with van der Waals surface area (Å²) in [5.41, 5.74) is 2.54. The summed E-state index contributed by atoms with van der Waals surface area (Å²) in [6, 6.07) is 11.4. The lowest BCUT2D eigenvalue weighted by Gasteiger charge is -2.34. The number of hydrogen-bond acceptors (Lipinski definition) is 6. The van der Waals surface area contributed by atoms with Gasteiger partial charge in [0.25, 0.3) is 5.91 Å². The fourth-order valence-electron chi connectivity index (χ4n) is 3.44. The van der Waals surface area contributed by atoms with Crippen molar-refractivity contribution in [3.05, 3.63) is 47.0 Å². The van der Waals surface area contributed by atoms with Gasteiger partial charge < -0.3 is 19.4 Å². The van der Waals surface area contributed by atoms with Crippen molar-refractivity contribution in [1.29, 1.82) is 0 Å². The molecule has 0 N–H and O–H groups in total. The van der Waals surface area contributed by atoms with Crippen molar-refractivity contribution >= 4 is 49.9 Å². The molecule has 0 spiro atoms. The second-order valence-electron chi connectivity index (χ2n) is 7.15. The summed E-state index contributed by atoms with van der Waals surface area (Å²) in [6.07, 6.45) is 0. The predicted molar refractivity (Wildman–Crippen MR) is 120 cm³/mol. The van der Waals surface area contributed by atoms with Gasteiger partial charge in [-0.3, -0.25) is 4.79 Å². The number of hydrogen-bond donors (Lipinski definition) is 0. The summed E-state index contributed by atoms with van der Waals surface area (Å²) in [5.74, 6) is 0.795. The van der Waals surface area contributed by atoms with Crippen LogP contribution < -0.4 is 14.5 Å². The van der Waals surface area contributed by atoms with Crippen LogP contribution in [0.5, 0.6) is 5.75 Å². The Morgan fingerprint density at radius 2 is 1.93 bits per heavy atom. The Morgan fingerprint density at radius 1 is 1.17 bits per heavy atom.